The highest BCUT2D eigenvalue weighted by Crippen LogP contribution is 2.23. The lowest BCUT2D eigenvalue weighted by Gasteiger charge is -2.22. The summed E-state index contributed by atoms with van der Waals surface area (Å²) in [6.45, 7) is 7.07. The summed E-state index contributed by atoms with van der Waals surface area (Å²) < 4.78 is 27.0. The van der Waals surface area contributed by atoms with Crippen molar-refractivity contribution in [3.05, 3.63) is 0 Å². The first-order valence-corrected chi connectivity index (χ1v) is 9.29. The Bertz CT molecular complexity index is 341. The molecule has 0 radical (unpaired) electrons. The molecule has 19 heavy (non-hydrogen) atoms. The molecular formula is C14H30N2O2S. The average molecular weight is 290 g/mol. The van der Waals surface area contributed by atoms with E-state index in [4.69, 9.17) is 0 Å². The third kappa shape index (κ3) is 7.28. The van der Waals surface area contributed by atoms with Crippen LogP contribution in [0.3, 0.4) is 0 Å². The van der Waals surface area contributed by atoms with Crippen LogP contribution in [0.1, 0.15) is 59.3 Å². The first-order chi connectivity index (χ1) is 8.91. The molecule has 1 rings (SSSR count). The van der Waals surface area contributed by atoms with Crippen molar-refractivity contribution in [3.8, 4) is 0 Å². The van der Waals surface area contributed by atoms with E-state index in [0.717, 1.165) is 25.8 Å². The van der Waals surface area contributed by atoms with E-state index in [1.807, 2.05) is 0 Å². The van der Waals surface area contributed by atoms with Gasteiger partial charge in [0.05, 0.1) is 5.75 Å². The van der Waals surface area contributed by atoms with Crippen LogP contribution in [0.5, 0.6) is 0 Å². The molecule has 0 aromatic rings. The summed E-state index contributed by atoms with van der Waals surface area (Å²) >= 11 is 0. The third-order valence-corrected chi connectivity index (χ3v) is 5.32. The number of hydrogen-bond acceptors (Lipinski definition) is 3. The Morgan fingerprint density at radius 1 is 1.16 bits per heavy atom. The molecule has 0 aromatic carbocycles. The predicted molar refractivity (Wildman–Crippen MR) is 80.7 cm³/mol. The minimum atomic E-state index is -3.12. The van der Waals surface area contributed by atoms with E-state index in [0.29, 0.717) is 18.4 Å². The Balaban J connectivity index is 2.35. The Labute approximate surface area is 118 Å². The summed E-state index contributed by atoms with van der Waals surface area (Å²) in [5.74, 6) is 0.696. The van der Waals surface area contributed by atoms with Crippen LogP contribution in [-0.2, 0) is 10.0 Å². The quantitative estimate of drug-likeness (QED) is 0.558. The predicted octanol–water partition coefficient (Wildman–Crippen LogP) is 2.26. The maximum absolute atomic E-state index is 12.1. The highest BCUT2D eigenvalue weighted by molar-refractivity contribution is 7.89. The van der Waals surface area contributed by atoms with Crippen LogP contribution in [0.4, 0.5) is 0 Å². The van der Waals surface area contributed by atoms with Gasteiger partial charge in [-0.3, -0.25) is 0 Å². The standard InChI is InChI=1S/C14H30N2O2S/c1-12(2)15-10-7-11-19(17,18)16-14-9-6-4-5-8-13(14)3/h12-16H,4-11H2,1-3H3. The van der Waals surface area contributed by atoms with Gasteiger partial charge >= 0.3 is 0 Å². The van der Waals surface area contributed by atoms with Gasteiger partial charge < -0.3 is 5.32 Å². The maximum Gasteiger partial charge on any atom is 0.211 e. The van der Waals surface area contributed by atoms with Gasteiger partial charge in [-0.05, 0) is 31.7 Å². The summed E-state index contributed by atoms with van der Waals surface area (Å²) in [4.78, 5) is 0. The van der Waals surface area contributed by atoms with Gasteiger partial charge in [0.15, 0.2) is 0 Å². The van der Waals surface area contributed by atoms with E-state index in [-0.39, 0.29) is 11.8 Å². The molecule has 1 saturated carbocycles. The molecule has 2 N–H and O–H groups in total. The number of rotatable bonds is 7. The fraction of sp³-hybridized carbons (Fsp3) is 1.00. The number of hydrogen-bond donors (Lipinski definition) is 2. The maximum atomic E-state index is 12.1. The van der Waals surface area contributed by atoms with Crippen molar-refractivity contribution in [1.82, 2.24) is 10.0 Å². The van der Waals surface area contributed by atoms with Crippen LogP contribution >= 0.6 is 0 Å². The topological polar surface area (TPSA) is 58.2 Å². The second-order valence-corrected chi connectivity index (χ2v) is 7.99. The molecule has 5 heteroatoms. The van der Waals surface area contributed by atoms with Gasteiger partial charge in [0.1, 0.15) is 0 Å². The molecule has 114 valence electrons. The molecular weight excluding hydrogens is 260 g/mol. The van der Waals surface area contributed by atoms with E-state index < -0.39 is 10.0 Å². The van der Waals surface area contributed by atoms with Crippen molar-refractivity contribution >= 4 is 10.0 Å². The van der Waals surface area contributed by atoms with Crippen LogP contribution in [0, 0.1) is 5.92 Å². The second kappa shape index (κ2) is 8.22. The summed E-state index contributed by atoms with van der Waals surface area (Å²) in [5, 5.41) is 3.25. The Morgan fingerprint density at radius 2 is 1.84 bits per heavy atom. The van der Waals surface area contributed by atoms with Crippen molar-refractivity contribution in [2.24, 2.45) is 5.92 Å². The highest BCUT2D eigenvalue weighted by Gasteiger charge is 2.24. The van der Waals surface area contributed by atoms with E-state index in [9.17, 15) is 8.42 Å². The molecule has 0 aliphatic heterocycles. The van der Waals surface area contributed by atoms with Crippen molar-refractivity contribution in [2.45, 2.75) is 71.4 Å². The smallest absolute Gasteiger partial charge is 0.211 e. The normalized spacial score (nSPS) is 25.5. The number of sulfonamides is 1. The molecule has 0 saturated heterocycles. The van der Waals surface area contributed by atoms with E-state index in [2.05, 4.69) is 30.8 Å². The first kappa shape index (κ1) is 16.9. The Hall–Kier alpha value is -0.130. The second-order valence-electron chi connectivity index (χ2n) is 6.12. The van der Waals surface area contributed by atoms with Crippen LogP contribution in [-0.4, -0.2) is 32.8 Å². The van der Waals surface area contributed by atoms with Crippen molar-refractivity contribution in [2.75, 3.05) is 12.3 Å². The Morgan fingerprint density at radius 3 is 2.53 bits per heavy atom. The zero-order valence-corrected chi connectivity index (χ0v) is 13.4. The van der Waals surface area contributed by atoms with Crippen molar-refractivity contribution in [3.63, 3.8) is 0 Å². The van der Waals surface area contributed by atoms with Crippen LogP contribution in [0.15, 0.2) is 0 Å². The third-order valence-electron chi connectivity index (χ3n) is 3.83. The summed E-state index contributed by atoms with van der Waals surface area (Å²) in [5.41, 5.74) is 0. The average Bonchev–Trinajstić information content (AvgIpc) is 2.50. The molecule has 0 bridgehead atoms. The molecule has 4 nitrogen and oxygen atoms in total. The molecule has 2 atom stereocenters. The lowest BCUT2D eigenvalue weighted by molar-refractivity contribution is 0.399. The van der Waals surface area contributed by atoms with Crippen LogP contribution in [0.2, 0.25) is 0 Å². The molecule has 1 fully saturated rings. The van der Waals surface area contributed by atoms with Gasteiger partial charge in [-0.1, -0.05) is 40.0 Å². The lowest BCUT2D eigenvalue weighted by atomic mass is 9.98. The monoisotopic (exact) mass is 290 g/mol. The van der Waals surface area contributed by atoms with E-state index >= 15 is 0 Å². The van der Waals surface area contributed by atoms with E-state index in [1.165, 1.54) is 12.8 Å². The van der Waals surface area contributed by atoms with Crippen LogP contribution < -0.4 is 10.0 Å². The molecule has 0 spiro atoms. The minimum absolute atomic E-state index is 0.144. The van der Waals surface area contributed by atoms with Crippen molar-refractivity contribution < 1.29 is 8.42 Å². The van der Waals surface area contributed by atoms with Gasteiger partial charge in [-0.15, -0.1) is 0 Å². The zero-order chi connectivity index (χ0) is 14.3. The first-order valence-electron chi connectivity index (χ1n) is 7.64. The lowest BCUT2D eigenvalue weighted by Crippen LogP contribution is -2.40. The van der Waals surface area contributed by atoms with Gasteiger partial charge in [0.2, 0.25) is 10.0 Å². The SMILES string of the molecule is CC(C)NCCCS(=O)(=O)NC1CCCCCC1C. The van der Waals surface area contributed by atoms with Gasteiger partial charge in [0.25, 0.3) is 0 Å². The van der Waals surface area contributed by atoms with Crippen molar-refractivity contribution in [1.29, 1.82) is 0 Å². The Kier molecular flexibility index (Phi) is 7.32. The summed E-state index contributed by atoms with van der Waals surface area (Å²) in [7, 11) is -3.12. The van der Waals surface area contributed by atoms with Crippen LogP contribution in [0.25, 0.3) is 0 Å². The number of nitrogens with one attached hydrogen (secondary N) is 2. The zero-order valence-electron chi connectivity index (χ0n) is 12.6. The molecule has 1 aliphatic carbocycles. The summed E-state index contributed by atoms with van der Waals surface area (Å²) in [6, 6.07) is 0.558. The van der Waals surface area contributed by atoms with Gasteiger partial charge in [-0.25, -0.2) is 13.1 Å². The van der Waals surface area contributed by atoms with Gasteiger partial charge in [0, 0.05) is 12.1 Å². The minimum Gasteiger partial charge on any atom is -0.314 e. The fourth-order valence-electron chi connectivity index (χ4n) is 2.61. The van der Waals surface area contributed by atoms with E-state index in [1.54, 1.807) is 0 Å². The molecule has 1 aliphatic rings. The molecule has 0 heterocycles. The largest absolute Gasteiger partial charge is 0.314 e. The molecule has 2 unspecified atom stereocenters. The highest BCUT2D eigenvalue weighted by atomic mass is 32.2. The molecule has 0 amide bonds. The summed E-state index contributed by atoms with van der Waals surface area (Å²) in [6.07, 6.45) is 6.42. The fourth-order valence-corrected chi connectivity index (χ4v) is 4.06. The van der Waals surface area contributed by atoms with Gasteiger partial charge in [-0.2, -0.15) is 0 Å². The molecule has 0 aromatic heterocycles.